The quantitative estimate of drug-likeness (QED) is 0.480. The van der Waals surface area contributed by atoms with Gasteiger partial charge in [0.25, 0.3) is 5.91 Å². The standard InChI is InChI=1S/C27H31N3O3S/c1-27(26(32)28-17-21-10-6-7-11-23(21)33-2)18-29-22(16-20-13-15-34-25(20)29)24(31)30(27)14-12-19-8-4-3-5-9-19/h6-8,10-11,13,15-16H,3-5,9,12,14,17-18H2,1-2H3,(H,28,32)/t27-/m1/s1. The maximum absolute atomic E-state index is 13.7. The highest BCUT2D eigenvalue weighted by atomic mass is 32.1. The number of rotatable bonds is 7. The first kappa shape index (κ1) is 22.7. The number of amides is 2. The van der Waals surface area contributed by atoms with Crippen molar-refractivity contribution in [3.8, 4) is 5.75 Å². The Balaban J connectivity index is 1.44. The zero-order chi connectivity index (χ0) is 23.7. The minimum Gasteiger partial charge on any atom is -0.496 e. The van der Waals surface area contributed by atoms with E-state index in [0.717, 1.165) is 40.8 Å². The minimum atomic E-state index is -0.989. The molecule has 2 amide bonds. The summed E-state index contributed by atoms with van der Waals surface area (Å²) < 4.78 is 7.47. The van der Waals surface area contributed by atoms with Crippen molar-refractivity contribution in [2.45, 2.75) is 57.7 Å². The molecule has 178 valence electrons. The Bertz CT molecular complexity index is 1260. The SMILES string of the molecule is COc1ccccc1CNC(=O)[C@@]1(C)Cn2c(cc3ccsc32)C(=O)N1CCC1=CCCCC1. The Morgan fingerprint density at radius 3 is 2.88 bits per heavy atom. The van der Waals surface area contributed by atoms with Gasteiger partial charge in [-0.05, 0) is 62.6 Å². The zero-order valence-corrected chi connectivity index (χ0v) is 20.6. The number of hydrogen-bond acceptors (Lipinski definition) is 4. The molecule has 0 radical (unpaired) electrons. The first-order chi connectivity index (χ1) is 16.5. The molecule has 2 aromatic heterocycles. The Labute approximate surface area is 204 Å². The summed E-state index contributed by atoms with van der Waals surface area (Å²) in [6, 6.07) is 11.7. The van der Waals surface area contributed by atoms with E-state index in [1.54, 1.807) is 23.3 Å². The third-order valence-electron chi connectivity index (χ3n) is 7.19. The second-order valence-electron chi connectivity index (χ2n) is 9.38. The van der Waals surface area contributed by atoms with Crippen molar-refractivity contribution in [2.75, 3.05) is 13.7 Å². The van der Waals surface area contributed by atoms with Crippen molar-refractivity contribution in [1.82, 2.24) is 14.8 Å². The molecular weight excluding hydrogens is 446 g/mol. The number of methoxy groups -OCH3 is 1. The van der Waals surface area contributed by atoms with Gasteiger partial charge in [-0.2, -0.15) is 0 Å². The normalized spacial score (nSPS) is 20.2. The fraction of sp³-hybridized carbons (Fsp3) is 0.407. The minimum absolute atomic E-state index is 0.0685. The number of thiophene rings is 1. The molecular formula is C27H31N3O3S. The van der Waals surface area contributed by atoms with Gasteiger partial charge >= 0.3 is 0 Å². The highest BCUT2D eigenvalue weighted by Crippen LogP contribution is 2.35. The molecule has 0 fully saturated rings. The van der Waals surface area contributed by atoms with Crippen LogP contribution in [-0.2, 0) is 17.9 Å². The molecule has 3 aromatic rings. The van der Waals surface area contributed by atoms with E-state index in [2.05, 4.69) is 11.4 Å². The highest BCUT2D eigenvalue weighted by Gasteiger charge is 2.47. The van der Waals surface area contributed by atoms with Crippen LogP contribution in [0.5, 0.6) is 5.75 Å². The number of para-hydroxylation sites is 1. The first-order valence-corrected chi connectivity index (χ1v) is 12.9. The molecule has 34 heavy (non-hydrogen) atoms. The van der Waals surface area contributed by atoms with Crippen molar-refractivity contribution in [3.05, 3.63) is 64.7 Å². The van der Waals surface area contributed by atoms with Crippen molar-refractivity contribution < 1.29 is 14.3 Å². The van der Waals surface area contributed by atoms with Gasteiger partial charge < -0.3 is 19.5 Å². The summed E-state index contributed by atoms with van der Waals surface area (Å²) >= 11 is 1.61. The van der Waals surface area contributed by atoms with Crippen molar-refractivity contribution >= 4 is 33.4 Å². The number of fused-ring (bicyclic) bond motifs is 3. The maximum atomic E-state index is 13.7. The van der Waals surface area contributed by atoms with E-state index in [-0.39, 0.29) is 11.8 Å². The van der Waals surface area contributed by atoms with Gasteiger partial charge in [-0.15, -0.1) is 11.3 Å². The number of benzene rings is 1. The summed E-state index contributed by atoms with van der Waals surface area (Å²) in [5.41, 5.74) is 2.00. The van der Waals surface area contributed by atoms with E-state index < -0.39 is 5.54 Å². The molecule has 1 aliphatic heterocycles. The smallest absolute Gasteiger partial charge is 0.271 e. The van der Waals surface area contributed by atoms with Crippen LogP contribution in [0.2, 0.25) is 0 Å². The predicted octanol–water partition coefficient (Wildman–Crippen LogP) is 5.13. The predicted molar refractivity (Wildman–Crippen MR) is 135 cm³/mol. The largest absolute Gasteiger partial charge is 0.496 e. The van der Waals surface area contributed by atoms with E-state index in [0.29, 0.717) is 25.3 Å². The Morgan fingerprint density at radius 2 is 2.09 bits per heavy atom. The van der Waals surface area contributed by atoms with Crippen LogP contribution in [0, 0.1) is 0 Å². The lowest BCUT2D eigenvalue weighted by Crippen LogP contribution is -2.64. The van der Waals surface area contributed by atoms with E-state index in [9.17, 15) is 9.59 Å². The molecule has 0 spiro atoms. The number of nitrogens with one attached hydrogen (secondary N) is 1. The van der Waals surface area contributed by atoms with Gasteiger partial charge in [-0.3, -0.25) is 9.59 Å². The molecule has 0 saturated carbocycles. The van der Waals surface area contributed by atoms with Gasteiger partial charge in [-0.25, -0.2) is 0 Å². The van der Waals surface area contributed by atoms with E-state index >= 15 is 0 Å². The highest BCUT2D eigenvalue weighted by molar-refractivity contribution is 7.16. The second-order valence-corrected chi connectivity index (χ2v) is 10.3. The maximum Gasteiger partial charge on any atom is 0.271 e. The molecule has 0 bridgehead atoms. The average Bonchev–Trinajstić information content (AvgIpc) is 3.45. The Hall–Kier alpha value is -3.06. The molecule has 5 rings (SSSR count). The number of carbonyl (C=O) groups is 2. The molecule has 0 saturated heterocycles. The lowest BCUT2D eigenvalue weighted by atomic mass is 9.92. The fourth-order valence-electron chi connectivity index (χ4n) is 5.21. The van der Waals surface area contributed by atoms with Gasteiger partial charge in [0.1, 0.15) is 21.8 Å². The molecule has 1 aliphatic carbocycles. The topological polar surface area (TPSA) is 63.6 Å². The molecule has 1 N–H and O–H groups in total. The van der Waals surface area contributed by atoms with Crippen LogP contribution in [0.3, 0.4) is 0 Å². The third kappa shape index (κ3) is 4.02. The number of carbonyl (C=O) groups excluding carboxylic acids is 2. The summed E-state index contributed by atoms with van der Waals surface area (Å²) in [6.07, 6.45) is 7.77. The van der Waals surface area contributed by atoms with Gasteiger partial charge in [0, 0.05) is 24.0 Å². The first-order valence-electron chi connectivity index (χ1n) is 12.0. The molecule has 1 atom stereocenters. The van der Waals surface area contributed by atoms with Crippen LogP contribution in [0.1, 0.15) is 55.1 Å². The van der Waals surface area contributed by atoms with Crippen LogP contribution in [0.4, 0.5) is 0 Å². The summed E-state index contributed by atoms with van der Waals surface area (Å²) in [7, 11) is 1.63. The Morgan fingerprint density at radius 1 is 1.24 bits per heavy atom. The Kier molecular flexibility index (Phi) is 6.21. The third-order valence-corrected chi connectivity index (χ3v) is 8.14. The van der Waals surface area contributed by atoms with E-state index in [1.807, 2.05) is 53.3 Å². The average molecular weight is 478 g/mol. The zero-order valence-electron chi connectivity index (χ0n) is 19.8. The van der Waals surface area contributed by atoms with Gasteiger partial charge in [0.15, 0.2) is 0 Å². The van der Waals surface area contributed by atoms with Crippen LogP contribution in [-0.4, -0.2) is 40.5 Å². The second kappa shape index (κ2) is 9.29. The summed E-state index contributed by atoms with van der Waals surface area (Å²) in [6.45, 7) is 3.23. The van der Waals surface area contributed by atoms with Crippen LogP contribution < -0.4 is 10.1 Å². The lowest BCUT2D eigenvalue weighted by molar-refractivity contribution is -0.133. The van der Waals surface area contributed by atoms with Crippen LogP contribution in [0.25, 0.3) is 10.2 Å². The van der Waals surface area contributed by atoms with Crippen molar-refractivity contribution in [2.24, 2.45) is 0 Å². The van der Waals surface area contributed by atoms with Gasteiger partial charge in [0.05, 0.1) is 13.7 Å². The van der Waals surface area contributed by atoms with E-state index in [1.165, 1.54) is 18.4 Å². The van der Waals surface area contributed by atoms with Crippen LogP contribution >= 0.6 is 11.3 Å². The monoisotopic (exact) mass is 477 g/mol. The number of hydrogen-bond donors (Lipinski definition) is 1. The summed E-state index contributed by atoms with van der Waals surface area (Å²) in [5.74, 6) is 0.524. The molecule has 1 aromatic carbocycles. The molecule has 6 nitrogen and oxygen atoms in total. The molecule has 0 unspecified atom stereocenters. The molecule has 3 heterocycles. The van der Waals surface area contributed by atoms with Crippen LogP contribution in [0.15, 0.2) is 53.4 Å². The molecule has 2 aliphatic rings. The molecule has 7 heteroatoms. The fourth-order valence-corrected chi connectivity index (χ4v) is 6.11. The number of nitrogens with zero attached hydrogens (tertiary/aromatic N) is 2. The van der Waals surface area contributed by atoms with Gasteiger partial charge in [-0.1, -0.05) is 29.8 Å². The van der Waals surface area contributed by atoms with Gasteiger partial charge in [0.2, 0.25) is 5.91 Å². The van der Waals surface area contributed by atoms with Crippen molar-refractivity contribution in [1.29, 1.82) is 0 Å². The number of ether oxygens (including phenoxy) is 1. The van der Waals surface area contributed by atoms with E-state index in [4.69, 9.17) is 4.74 Å². The summed E-state index contributed by atoms with van der Waals surface area (Å²) in [5, 5.41) is 6.19. The lowest BCUT2D eigenvalue weighted by Gasteiger charge is -2.44. The van der Waals surface area contributed by atoms with Crippen molar-refractivity contribution in [3.63, 3.8) is 0 Å². The summed E-state index contributed by atoms with van der Waals surface area (Å²) in [4.78, 5) is 30.3. The number of allylic oxidation sites excluding steroid dienone is 1. The number of aromatic nitrogens is 1.